The minimum absolute atomic E-state index is 0.249. The van der Waals surface area contributed by atoms with Gasteiger partial charge in [0.25, 0.3) is 0 Å². The first-order valence-electron chi connectivity index (χ1n) is 7.61. The smallest absolute Gasteiger partial charge is 0.340 e. The van der Waals surface area contributed by atoms with Crippen molar-refractivity contribution >= 4 is 5.97 Å². The van der Waals surface area contributed by atoms with Gasteiger partial charge in [-0.1, -0.05) is 30.3 Å². The molecule has 0 atom stereocenters. The number of pyridine rings is 2. The number of hydrogen-bond acceptors (Lipinski definition) is 4. The Bertz CT molecular complexity index is 839. The molecule has 0 radical (unpaired) electrons. The lowest BCUT2D eigenvalue weighted by Gasteiger charge is -2.13. The van der Waals surface area contributed by atoms with Crippen LogP contribution in [0.2, 0.25) is 0 Å². The highest BCUT2D eigenvalue weighted by Gasteiger charge is 2.21. The molecule has 0 amide bonds. The summed E-state index contributed by atoms with van der Waals surface area (Å²) < 4.78 is 5.21. The molecule has 3 aromatic rings. The third kappa shape index (κ3) is 3.10. The Balaban J connectivity index is 2.31. The Hall–Kier alpha value is -3.21. The van der Waals surface area contributed by atoms with Crippen LogP contribution >= 0.6 is 0 Å². The molecule has 24 heavy (non-hydrogen) atoms. The number of aromatic amines is 1. The third-order valence-electron chi connectivity index (χ3n) is 3.56. The molecule has 0 bridgehead atoms. The maximum atomic E-state index is 12.6. The molecule has 0 aliphatic carbocycles. The summed E-state index contributed by atoms with van der Waals surface area (Å²) in [5.74, 6) is -0.480. The van der Waals surface area contributed by atoms with Crippen molar-refractivity contribution in [2.24, 2.45) is 0 Å². The molecule has 0 saturated carbocycles. The SMILES string of the molecule is CCOC(=O)c1c(-c2ccccc2)cc(=O)[nH]c1-c1cccnc1. The number of hydrogen-bond donors (Lipinski definition) is 1. The van der Waals surface area contributed by atoms with Gasteiger partial charge in [0.05, 0.1) is 17.9 Å². The van der Waals surface area contributed by atoms with Crippen LogP contribution in [-0.2, 0) is 4.74 Å². The molecule has 5 nitrogen and oxygen atoms in total. The van der Waals surface area contributed by atoms with Crippen LogP contribution in [-0.4, -0.2) is 22.5 Å². The van der Waals surface area contributed by atoms with Gasteiger partial charge >= 0.3 is 5.97 Å². The van der Waals surface area contributed by atoms with E-state index < -0.39 is 5.97 Å². The number of aromatic nitrogens is 2. The van der Waals surface area contributed by atoms with E-state index in [4.69, 9.17) is 4.74 Å². The average Bonchev–Trinajstić information content (AvgIpc) is 2.62. The van der Waals surface area contributed by atoms with Crippen LogP contribution in [0.15, 0.2) is 65.7 Å². The molecule has 0 saturated heterocycles. The Morgan fingerprint density at radius 3 is 2.54 bits per heavy atom. The molecular formula is C19H16N2O3. The number of H-pyrrole nitrogens is 1. The number of benzene rings is 1. The minimum atomic E-state index is -0.480. The number of carbonyl (C=O) groups is 1. The van der Waals surface area contributed by atoms with Crippen LogP contribution in [0.1, 0.15) is 17.3 Å². The van der Waals surface area contributed by atoms with E-state index in [1.165, 1.54) is 6.07 Å². The summed E-state index contributed by atoms with van der Waals surface area (Å²) in [6.07, 6.45) is 3.23. The van der Waals surface area contributed by atoms with Crippen molar-refractivity contribution in [2.75, 3.05) is 6.61 Å². The van der Waals surface area contributed by atoms with E-state index in [9.17, 15) is 9.59 Å². The fourth-order valence-corrected chi connectivity index (χ4v) is 2.55. The second-order valence-corrected chi connectivity index (χ2v) is 5.13. The highest BCUT2D eigenvalue weighted by molar-refractivity contribution is 6.02. The molecule has 0 fully saturated rings. The quantitative estimate of drug-likeness (QED) is 0.749. The zero-order valence-corrected chi connectivity index (χ0v) is 13.2. The molecule has 2 aromatic heterocycles. The third-order valence-corrected chi connectivity index (χ3v) is 3.56. The molecule has 5 heteroatoms. The second kappa shape index (κ2) is 6.91. The molecule has 1 aromatic carbocycles. The number of carbonyl (C=O) groups excluding carboxylic acids is 1. The van der Waals surface area contributed by atoms with Crippen molar-refractivity contribution in [1.29, 1.82) is 0 Å². The fourth-order valence-electron chi connectivity index (χ4n) is 2.55. The van der Waals surface area contributed by atoms with Gasteiger partial charge in [-0.05, 0) is 24.6 Å². The van der Waals surface area contributed by atoms with Crippen molar-refractivity contribution in [3.8, 4) is 22.4 Å². The van der Waals surface area contributed by atoms with Gasteiger partial charge in [-0.15, -0.1) is 0 Å². The first kappa shape index (κ1) is 15.7. The van der Waals surface area contributed by atoms with Gasteiger partial charge in [-0.3, -0.25) is 9.78 Å². The van der Waals surface area contributed by atoms with Gasteiger partial charge in [0.15, 0.2) is 0 Å². The zero-order valence-electron chi connectivity index (χ0n) is 13.2. The molecule has 0 unspecified atom stereocenters. The van der Waals surface area contributed by atoms with Crippen LogP contribution in [0.25, 0.3) is 22.4 Å². The predicted molar refractivity (Wildman–Crippen MR) is 91.7 cm³/mol. The Labute approximate surface area is 139 Å². The Morgan fingerprint density at radius 2 is 1.88 bits per heavy atom. The molecule has 0 aliphatic rings. The lowest BCUT2D eigenvalue weighted by atomic mass is 9.96. The maximum Gasteiger partial charge on any atom is 0.340 e. The van der Waals surface area contributed by atoms with Gasteiger partial charge in [0, 0.05) is 29.6 Å². The maximum absolute atomic E-state index is 12.6. The van der Waals surface area contributed by atoms with Crippen molar-refractivity contribution < 1.29 is 9.53 Å². The van der Waals surface area contributed by atoms with Crippen LogP contribution in [0.5, 0.6) is 0 Å². The topological polar surface area (TPSA) is 72.1 Å². The molecule has 3 rings (SSSR count). The van der Waals surface area contributed by atoms with Gasteiger partial charge < -0.3 is 9.72 Å². The van der Waals surface area contributed by atoms with Crippen LogP contribution in [0.4, 0.5) is 0 Å². The summed E-state index contributed by atoms with van der Waals surface area (Å²) >= 11 is 0. The number of esters is 1. The first-order valence-corrected chi connectivity index (χ1v) is 7.61. The summed E-state index contributed by atoms with van der Waals surface area (Å²) in [6.45, 7) is 1.99. The monoisotopic (exact) mass is 320 g/mol. The van der Waals surface area contributed by atoms with Crippen LogP contribution in [0, 0.1) is 0 Å². The van der Waals surface area contributed by atoms with E-state index in [1.54, 1.807) is 31.5 Å². The van der Waals surface area contributed by atoms with Crippen molar-refractivity contribution in [3.63, 3.8) is 0 Å². The van der Waals surface area contributed by atoms with Crippen molar-refractivity contribution in [1.82, 2.24) is 9.97 Å². The summed E-state index contributed by atoms with van der Waals surface area (Å²) in [7, 11) is 0. The highest BCUT2D eigenvalue weighted by atomic mass is 16.5. The standard InChI is InChI=1S/C19H16N2O3/c1-2-24-19(23)17-15(13-7-4-3-5-8-13)11-16(22)21-18(17)14-9-6-10-20-12-14/h3-12H,2H2,1H3,(H,21,22). The van der Waals surface area contributed by atoms with E-state index in [2.05, 4.69) is 9.97 Å². The van der Waals surface area contributed by atoms with E-state index in [-0.39, 0.29) is 12.2 Å². The van der Waals surface area contributed by atoms with E-state index in [0.717, 1.165) is 5.56 Å². The second-order valence-electron chi connectivity index (χ2n) is 5.13. The van der Waals surface area contributed by atoms with Crippen LogP contribution < -0.4 is 5.56 Å². The predicted octanol–water partition coefficient (Wildman–Crippen LogP) is 3.28. The molecule has 0 spiro atoms. The Morgan fingerprint density at radius 1 is 1.12 bits per heavy atom. The fraction of sp³-hybridized carbons (Fsp3) is 0.105. The minimum Gasteiger partial charge on any atom is -0.462 e. The van der Waals surface area contributed by atoms with E-state index in [1.807, 2.05) is 30.3 Å². The summed E-state index contributed by atoms with van der Waals surface area (Å²) in [5.41, 5.74) is 2.41. The van der Waals surface area contributed by atoms with Crippen molar-refractivity contribution in [3.05, 3.63) is 76.8 Å². The van der Waals surface area contributed by atoms with Crippen molar-refractivity contribution in [2.45, 2.75) is 6.92 Å². The van der Waals surface area contributed by atoms with Gasteiger partial charge in [0.2, 0.25) is 5.56 Å². The number of ether oxygens (including phenoxy) is 1. The molecule has 2 heterocycles. The van der Waals surface area contributed by atoms with E-state index >= 15 is 0 Å². The normalized spacial score (nSPS) is 10.4. The summed E-state index contributed by atoms with van der Waals surface area (Å²) in [6, 6.07) is 14.2. The lowest BCUT2D eigenvalue weighted by Crippen LogP contribution is -2.16. The lowest BCUT2D eigenvalue weighted by molar-refractivity contribution is 0.0528. The zero-order chi connectivity index (χ0) is 16.9. The largest absolute Gasteiger partial charge is 0.462 e. The molecular weight excluding hydrogens is 304 g/mol. The van der Waals surface area contributed by atoms with E-state index in [0.29, 0.717) is 22.4 Å². The average molecular weight is 320 g/mol. The van der Waals surface area contributed by atoms with Gasteiger partial charge in [0.1, 0.15) is 0 Å². The van der Waals surface area contributed by atoms with Crippen LogP contribution in [0.3, 0.4) is 0 Å². The molecule has 0 aliphatic heterocycles. The highest BCUT2D eigenvalue weighted by Crippen LogP contribution is 2.29. The first-order chi connectivity index (χ1) is 11.7. The number of nitrogens with zero attached hydrogens (tertiary/aromatic N) is 1. The molecule has 1 N–H and O–H groups in total. The number of rotatable bonds is 4. The van der Waals surface area contributed by atoms with Gasteiger partial charge in [-0.25, -0.2) is 4.79 Å². The summed E-state index contributed by atoms with van der Waals surface area (Å²) in [4.78, 5) is 31.6. The Kier molecular flexibility index (Phi) is 4.52. The molecule has 120 valence electrons. The van der Waals surface area contributed by atoms with Gasteiger partial charge in [-0.2, -0.15) is 0 Å². The summed E-state index contributed by atoms with van der Waals surface area (Å²) in [5, 5.41) is 0. The number of nitrogens with one attached hydrogen (secondary N) is 1.